The van der Waals surface area contributed by atoms with E-state index in [1.165, 1.54) is 24.1 Å². The summed E-state index contributed by atoms with van der Waals surface area (Å²) in [6.45, 7) is 2.19. The topological polar surface area (TPSA) is 76.5 Å². The number of para-hydroxylation sites is 1. The molecule has 0 atom stereocenters. The standard InChI is InChI=1S/C28H27FN4O3/c1-3-17-32(28(35)23-11-7-8-12-25(23)36-2)19-27(34)30-26-18-24(20-9-5-4-6-10-20)31-33(26)22-15-13-21(29)14-16-22/h4-16,18H,3,17,19H2,1-2H3,(H,30,34). The summed E-state index contributed by atoms with van der Waals surface area (Å²) in [6, 6.07) is 24.1. The minimum absolute atomic E-state index is 0.153. The van der Waals surface area contributed by atoms with Crippen LogP contribution in [0.15, 0.2) is 84.9 Å². The molecule has 0 bridgehead atoms. The summed E-state index contributed by atoms with van der Waals surface area (Å²) in [5, 5.41) is 7.52. The Hall–Kier alpha value is -4.46. The normalized spacial score (nSPS) is 10.6. The Kier molecular flexibility index (Phi) is 7.75. The van der Waals surface area contributed by atoms with Gasteiger partial charge in [-0.05, 0) is 42.8 Å². The van der Waals surface area contributed by atoms with Crippen molar-refractivity contribution >= 4 is 17.6 Å². The fraction of sp³-hybridized carbons (Fsp3) is 0.179. The minimum Gasteiger partial charge on any atom is -0.496 e. The molecule has 4 rings (SSSR count). The molecule has 1 N–H and O–H groups in total. The van der Waals surface area contributed by atoms with Gasteiger partial charge in [0.2, 0.25) is 5.91 Å². The minimum atomic E-state index is -0.380. The Balaban J connectivity index is 1.60. The molecule has 7 nitrogen and oxygen atoms in total. The van der Waals surface area contributed by atoms with E-state index in [0.717, 1.165) is 5.56 Å². The second-order valence-electron chi connectivity index (χ2n) is 8.14. The molecule has 0 unspecified atom stereocenters. The molecule has 0 aliphatic heterocycles. The van der Waals surface area contributed by atoms with Crippen molar-refractivity contribution in [2.45, 2.75) is 13.3 Å². The lowest BCUT2D eigenvalue weighted by Gasteiger charge is -2.22. The van der Waals surface area contributed by atoms with Crippen LogP contribution in [-0.2, 0) is 4.79 Å². The van der Waals surface area contributed by atoms with Crippen molar-refractivity contribution in [1.82, 2.24) is 14.7 Å². The summed E-state index contributed by atoms with van der Waals surface area (Å²) >= 11 is 0. The maximum absolute atomic E-state index is 13.5. The van der Waals surface area contributed by atoms with Crippen LogP contribution in [0.5, 0.6) is 5.75 Å². The van der Waals surface area contributed by atoms with E-state index in [2.05, 4.69) is 10.4 Å². The molecule has 4 aromatic rings. The van der Waals surface area contributed by atoms with Crippen molar-refractivity contribution in [2.24, 2.45) is 0 Å². The van der Waals surface area contributed by atoms with Gasteiger partial charge >= 0.3 is 0 Å². The number of anilines is 1. The monoisotopic (exact) mass is 486 g/mol. The first-order chi connectivity index (χ1) is 17.5. The number of nitrogens with one attached hydrogen (secondary N) is 1. The van der Waals surface area contributed by atoms with Gasteiger partial charge in [0, 0.05) is 18.2 Å². The van der Waals surface area contributed by atoms with Crippen LogP contribution in [0, 0.1) is 5.82 Å². The molecule has 3 aromatic carbocycles. The molecule has 0 saturated carbocycles. The van der Waals surface area contributed by atoms with Crippen LogP contribution in [-0.4, -0.2) is 46.7 Å². The number of carbonyl (C=O) groups is 2. The Bertz CT molecular complexity index is 1340. The van der Waals surface area contributed by atoms with Crippen LogP contribution in [0.4, 0.5) is 10.2 Å². The molecule has 0 saturated heterocycles. The Labute approximate surface area is 209 Å². The van der Waals surface area contributed by atoms with Crippen molar-refractivity contribution in [3.63, 3.8) is 0 Å². The van der Waals surface area contributed by atoms with Crippen LogP contribution >= 0.6 is 0 Å². The number of aromatic nitrogens is 2. The number of nitrogens with zero attached hydrogens (tertiary/aromatic N) is 3. The Morgan fingerprint density at radius 1 is 1.00 bits per heavy atom. The first-order valence-electron chi connectivity index (χ1n) is 11.6. The number of hydrogen-bond acceptors (Lipinski definition) is 4. The van der Waals surface area contributed by atoms with E-state index in [0.29, 0.717) is 41.5 Å². The van der Waals surface area contributed by atoms with E-state index in [1.807, 2.05) is 37.3 Å². The summed E-state index contributed by atoms with van der Waals surface area (Å²) in [5.41, 5.74) is 2.49. The number of carbonyl (C=O) groups excluding carboxylic acids is 2. The number of rotatable bonds is 9. The zero-order valence-corrected chi connectivity index (χ0v) is 20.1. The highest BCUT2D eigenvalue weighted by molar-refractivity contribution is 6.01. The molecule has 36 heavy (non-hydrogen) atoms. The van der Waals surface area contributed by atoms with Crippen molar-refractivity contribution < 1.29 is 18.7 Å². The third kappa shape index (κ3) is 5.60. The van der Waals surface area contributed by atoms with Crippen LogP contribution in [0.2, 0.25) is 0 Å². The van der Waals surface area contributed by atoms with Gasteiger partial charge in [-0.1, -0.05) is 49.4 Å². The molecule has 0 spiro atoms. The van der Waals surface area contributed by atoms with E-state index < -0.39 is 0 Å². The van der Waals surface area contributed by atoms with E-state index >= 15 is 0 Å². The largest absolute Gasteiger partial charge is 0.496 e. The smallest absolute Gasteiger partial charge is 0.258 e. The van der Waals surface area contributed by atoms with Gasteiger partial charge in [0.1, 0.15) is 23.9 Å². The average Bonchev–Trinajstić information content (AvgIpc) is 3.32. The van der Waals surface area contributed by atoms with Gasteiger partial charge in [-0.25, -0.2) is 9.07 Å². The molecule has 0 aliphatic rings. The van der Waals surface area contributed by atoms with Crippen LogP contribution in [0.25, 0.3) is 16.9 Å². The molecule has 0 fully saturated rings. The van der Waals surface area contributed by atoms with Gasteiger partial charge in [0.15, 0.2) is 0 Å². The lowest BCUT2D eigenvalue weighted by atomic mass is 10.1. The number of benzene rings is 3. The molecule has 0 radical (unpaired) electrons. The van der Waals surface area contributed by atoms with Gasteiger partial charge in [0.05, 0.1) is 24.1 Å². The number of amides is 2. The summed E-state index contributed by atoms with van der Waals surface area (Å²) in [6.07, 6.45) is 0.680. The van der Waals surface area contributed by atoms with Crippen molar-refractivity contribution in [3.05, 3.63) is 96.3 Å². The van der Waals surface area contributed by atoms with Crippen molar-refractivity contribution in [2.75, 3.05) is 25.5 Å². The molecule has 2 amide bonds. The average molecular weight is 487 g/mol. The molecule has 1 heterocycles. The van der Waals surface area contributed by atoms with Gasteiger partial charge in [0.25, 0.3) is 5.91 Å². The first-order valence-corrected chi connectivity index (χ1v) is 11.6. The second-order valence-corrected chi connectivity index (χ2v) is 8.14. The van der Waals surface area contributed by atoms with Crippen molar-refractivity contribution in [3.8, 4) is 22.7 Å². The van der Waals surface area contributed by atoms with E-state index in [4.69, 9.17) is 4.74 Å². The molecular formula is C28H27FN4O3. The fourth-order valence-corrected chi connectivity index (χ4v) is 3.87. The molecular weight excluding hydrogens is 459 g/mol. The van der Waals surface area contributed by atoms with E-state index in [-0.39, 0.29) is 24.2 Å². The van der Waals surface area contributed by atoms with E-state index in [1.54, 1.807) is 47.1 Å². The van der Waals surface area contributed by atoms with Crippen LogP contribution in [0.3, 0.4) is 0 Å². The third-order valence-corrected chi connectivity index (χ3v) is 5.57. The predicted octanol–water partition coefficient (Wildman–Crippen LogP) is 5.18. The second kappa shape index (κ2) is 11.3. The zero-order chi connectivity index (χ0) is 25.5. The molecule has 1 aromatic heterocycles. The quantitative estimate of drug-likeness (QED) is 0.354. The lowest BCUT2D eigenvalue weighted by Crippen LogP contribution is -2.39. The SMILES string of the molecule is CCCN(CC(=O)Nc1cc(-c2ccccc2)nn1-c1ccc(F)cc1)C(=O)c1ccccc1OC. The summed E-state index contributed by atoms with van der Waals surface area (Å²) in [4.78, 5) is 27.8. The first kappa shape index (κ1) is 24.7. The third-order valence-electron chi connectivity index (χ3n) is 5.57. The highest BCUT2D eigenvalue weighted by Gasteiger charge is 2.22. The summed E-state index contributed by atoms with van der Waals surface area (Å²) in [7, 11) is 1.50. The zero-order valence-electron chi connectivity index (χ0n) is 20.1. The number of halogens is 1. The Morgan fingerprint density at radius 3 is 2.39 bits per heavy atom. The van der Waals surface area contributed by atoms with Gasteiger partial charge in [-0.15, -0.1) is 0 Å². The number of ether oxygens (including phenoxy) is 1. The lowest BCUT2D eigenvalue weighted by molar-refractivity contribution is -0.116. The summed E-state index contributed by atoms with van der Waals surface area (Å²) < 4.78 is 20.4. The highest BCUT2D eigenvalue weighted by Crippen LogP contribution is 2.25. The molecule has 184 valence electrons. The van der Waals surface area contributed by atoms with Gasteiger partial charge in [-0.2, -0.15) is 5.10 Å². The van der Waals surface area contributed by atoms with Crippen molar-refractivity contribution in [1.29, 1.82) is 0 Å². The molecule has 8 heteroatoms. The fourth-order valence-electron chi connectivity index (χ4n) is 3.87. The van der Waals surface area contributed by atoms with Crippen LogP contribution < -0.4 is 10.1 Å². The Morgan fingerprint density at radius 2 is 1.69 bits per heavy atom. The number of methoxy groups -OCH3 is 1. The highest BCUT2D eigenvalue weighted by atomic mass is 19.1. The maximum atomic E-state index is 13.5. The van der Waals surface area contributed by atoms with Gasteiger partial charge < -0.3 is 15.0 Å². The predicted molar refractivity (Wildman–Crippen MR) is 137 cm³/mol. The number of hydrogen-bond donors (Lipinski definition) is 1. The van der Waals surface area contributed by atoms with Crippen LogP contribution in [0.1, 0.15) is 23.7 Å². The van der Waals surface area contributed by atoms with E-state index in [9.17, 15) is 14.0 Å². The summed E-state index contributed by atoms with van der Waals surface area (Å²) in [5.74, 6) is -0.182. The molecule has 0 aliphatic carbocycles. The maximum Gasteiger partial charge on any atom is 0.258 e. The van der Waals surface area contributed by atoms with Gasteiger partial charge in [-0.3, -0.25) is 9.59 Å².